The topological polar surface area (TPSA) is 32.7 Å². The minimum Gasteiger partial charge on any atom is -0.304 e. The molecule has 1 fully saturated rings. The van der Waals surface area contributed by atoms with Crippen molar-refractivity contribution in [2.45, 2.75) is 47.1 Å². The first-order valence-electron chi connectivity index (χ1n) is 6.58. The molecule has 1 aliphatic rings. The van der Waals surface area contributed by atoms with E-state index >= 15 is 0 Å². The van der Waals surface area contributed by atoms with Crippen molar-refractivity contribution in [3.63, 3.8) is 0 Å². The van der Waals surface area contributed by atoms with Crippen molar-refractivity contribution in [2.75, 3.05) is 12.3 Å². The summed E-state index contributed by atoms with van der Waals surface area (Å²) in [6.07, 6.45) is 2.92. The molecule has 0 spiro atoms. The summed E-state index contributed by atoms with van der Waals surface area (Å²) in [5, 5.41) is 1.15. The molecule has 0 atom stereocenters. The molecule has 1 heterocycles. The molecule has 1 saturated heterocycles. The van der Waals surface area contributed by atoms with Gasteiger partial charge in [-0.25, -0.2) is 0 Å². The molecule has 4 heteroatoms. The van der Waals surface area contributed by atoms with Gasteiger partial charge in [0, 0.05) is 18.8 Å². The van der Waals surface area contributed by atoms with Gasteiger partial charge in [-0.2, -0.15) is 0 Å². The highest BCUT2D eigenvalue weighted by Crippen LogP contribution is 2.34. The normalized spacial score (nSPS) is 19.7. The number of carbonyl (C=O) groups is 1. The van der Waals surface area contributed by atoms with Crippen LogP contribution in [0.3, 0.4) is 0 Å². The van der Waals surface area contributed by atoms with Crippen molar-refractivity contribution in [2.24, 2.45) is 10.9 Å². The first kappa shape index (κ1) is 15.3. The third-order valence-electron chi connectivity index (χ3n) is 2.72. The van der Waals surface area contributed by atoms with E-state index in [0.29, 0.717) is 11.7 Å². The molecule has 1 aliphatic heterocycles. The number of aliphatic imine (C=N–C) groups is 1. The lowest BCUT2D eigenvalue weighted by molar-refractivity contribution is -0.126. The van der Waals surface area contributed by atoms with Gasteiger partial charge < -0.3 is 4.90 Å². The number of thioether (sulfide) groups is 1. The molecule has 0 aliphatic carbocycles. The Morgan fingerprint density at radius 1 is 1.44 bits per heavy atom. The molecule has 0 saturated carbocycles. The Balaban J connectivity index is 2.64. The van der Waals surface area contributed by atoms with Crippen LogP contribution in [0.25, 0.3) is 0 Å². The van der Waals surface area contributed by atoms with Crippen LogP contribution in [0.4, 0.5) is 0 Å². The van der Waals surface area contributed by atoms with Gasteiger partial charge in [0.2, 0.25) is 5.91 Å². The SMILES string of the molecule is C/C(CC/N=C/C(C)C)=C1\SCC(=O)N1C(C)C. The molecule has 0 bridgehead atoms. The van der Waals surface area contributed by atoms with E-state index in [2.05, 4.69) is 39.6 Å². The summed E-state index contributed by atoms with van der Waals surface area (Å²) >= 11 is 1.66. The van der Waals surface area contributed by atoms with Crippen LogP contribution >= 0.6 is 11.8 Å². The van der Waals surface area contributed by atoms with Gasteiger partial charge in [-0.3, -0.25) is 9.79 Å². The molecule has 0 aromatic carbocycles. The Morgan fingerprint density at radius 3 is 2.67 bits per heavy atom. The Bertz CT molecular complexity index is 359. The fourth-order valence-corrected chi connectivity index (χ4v) is 3.06. The maximum atomic E-state index is 11.8. The molecule has 102 valence electrons. The second-order valence-corrected chi connectivity index (χ2v) is 6.24. The predicted octanol–water partition coefficient (Wildman–Crippen LogP) is 3.32. The summed E-state index contributed by atoms with van der Waals surface area (Å²) in [5.74, 6) is 1.32. The summed E-state index contributed by atoms with van der Waals surface area (Å²) in [5.41, 5.74) is 1.28. The molecule has 1 amide bonds. The molecule has 18 heavy (non-hydrogen) atoms. The zero-order valence-corrected chi connectivity index (χ0v) is 12.9. The predicted molar refractivity (Wildman–Crippen MR) is 80.0 cm³/mol. The second-order valence-electron chi connectivity index (χ2n) is 5.28. The van der Waals surface area contributed by atoms with Gasteiger partial charge in [-0.05, 0) is 38.7 Å². The molecule has 0 aromatic rings. The van der Waals surface area contributed by atoms with Crippen molar-refractivity contribution >= 4 is 23.9 Å². The molecule has 0 radical (unpaired) electrons. The molecule has 0 unspecified atom stereocenters. The van der Waals surface area contributed by atoms with Crippen LogP contribution < -0.4 is 0 Å². The number of nitrogens with zero attached hydrogens (tertiary/aromatic N) is 2. The Hall–Kier alpha value is -0.770. The van der Waals surface area contributed by atoms with Gasteiger partial charge in [0.05, 0.1) is 10.8 Å². The second kappa shape index (κ2) is 6.98. The molecular formula is C14H24N2OS. The summed E-state index contributed by atoms with van der Waals surface area (Å²) in [7, 11) is 0. The minimum absolute atomic E-state index is 0.232. The number of amides is 1. The lowest BCUT2D eigenvalue weighted by Crippen LogP contribution is -2.31. The van der Waals surface area contributed by atoms with Gasteiger partial charge in [0.1, 0.15) is 0 Å². The van der Waals surface area contributed by atoms with Crippen molar-refractivity contribution in [1.29, 1.82) is 0 Å². The van der Waals surface area contributed by atoms with Gasteiger partial charge in [0.15, 0.2) is 0 Å². The summed E-state index contributed by atoms with van der Waals surface area (Å²) in [4.78, 5) is 18.1. The highest BCUT2D eigenvalue weighted by molar-refractivity contribution is 8.04. The maximum absolute atomic E-state index is 11.8. The van der Waals surface area contributed by atoms with E-state index in [4.69, 9.17) is 0 Å². The summed E-state index contributed by atoms with van der Waals surface area (Å²) < 4.78 is 0. The van der Waals surface area contributed by atoms with Crippen molar-refractivity contribution in [3.05, 3.63) is 10.6 Å². The fraction of sp³-hybridized carbons (Fsp3) is 0.714. The lowest BCUT2D eigenvalue weighted by atomic mass is 10.2. The van der Waals surface area contributed by atoms with E-state index in [1.165, 1.54) is 5.57 Å². The summed E-state index contributed by atoms with van der Waals surface area (Å²) in [6, 6.07) is 0.247. The molecule has 3 nitrogen and oxygen atoms in total. The van der Waals surface area contributed by atoms with E-state index < -0.39 is 0 Å². The van der Waals surface area contributed by atoms with Crippen molar-refractivity contribution in [1.82, 2.24) is 4.90 Å². The van der Waals surface area contributed by atoms with Crippen LogP contribution in [0.2, 0.25) is 0 Å². The Morgan fingerprint density at radius 2 is 2.11 bits per heavy atom. The number of rotatable bonds is 5. The standard InChI is InChI=1S/C14H24N2OS/c1-10(2)8-15-7-6-12(5)14-16(11(3)4)13(17)9-18-14/h8,10-11H,6-7,9H2,1-5H3/b14-12+,15-8+. The van der Waals surface area contributed by atoms with Crippen LogP contribution in [-0.2, 0) is 4.79 Å². The fourth-order valence-electron chi connectivity index (χ4n) is 1.86. The number of hydrogen-bond acceptors (Lipinski definition) is 3. The van der Waals surface area contributed by atoms with Gasteiger partial charge in [0.25, 0.3) is 0 Å². The Kier molecular flexibility index (Phi) is 5.93. The summed E-state index contributed by atoms with van der Waals surface area (Å²) in [6.45, 7) is 11.3. The largest absolute Gasteiger partial charge is 0.304 e. The number of hydrogen-bond donors (Lipinski definition) is 0. The van der Waals surface area contributed by atoms with Gasteiger partial charge in [-0.15, -0.1) is 0 Å². The van der Waals surface area contributed by atoms with Crippen LogP contribution in [0, 0.1) is 5.92 Å². The van der Waals surface area contributed by atoms with Crippen LogP contribution in [0.1, 0.15) is 41.0 Å². The minimum atomic E-state index is 0.232. The monoisotopic (exact) mass is 268 g/mol. The Labute approximate surface area is 115 Å². The molecule has 1 rings (SSSR count). The maximum Gasteiger partial charge on any atom is 0.238 e. The first-order chi connectivity index (χ1) is 8.43. The third-order valence-corrected chi connectivity index (χ3v) is 3.93. The highest BCUT2D eigenvalue weighted by atomic mass is 32.2. The van der Waals surface area contributed by atoms with Gasteiger partial charge in [-0.1, -0.05) is 25.6 Å². The number of carbonyl (C=O) groups excluding carboxylic acids is 1. The molecular weight excluding hydrogens is 244 g/mol. The first-order valence-corrected chi connectivity index (χ1v) is 7.56. The lowest BCUT2D eigenvalue weighted by Gasteiger charge is -2.23. The molecule has 0 aromatic heterocycles. The zero-order valence-electron chi connectivity index (χ0n) is 12.1. The van der Waals surface area contributed by atoms with Gasteiger partial charge >= 0.3 is 0 Å². The smallest absolute Gasteiger partial charge is 0.238 e. The van der Waals surface area contributed by atoms with E-state index in [1.54, 1.807) is 11.8 Å². The van der Waals surface area contributed by atoms with E-state index in [9.17, 15) is 4.79 Å². The van der Waals surface area contributed by atoms with Crippen LogP contribution in [0.15, 0.2) is 15.6 Å². The van der Waals surface area contributed by atoms with Crippen molar-refractivity contribution < 1.29 is 4.79 Å². The van der Waals surface area contributed by atoms with E-state index in [0.717, 1.165) is 18.0 Å². The third kappa shape index (κ3) is 4.16. The van der Waals surface area contributed by atoms with Crippen LogP contribution in [0.5, 0.6) is 0 Å². The van der Waals surface area contributed by atoms with E-state index in [1.807, 2.05) is 11.1 Å². The van der Waals surface area contributed by atoms with E-state index in [-0.39, 0.29) is 11.9 Å². The molecule has 0 N–H and O–H groups in total. The quantitative estimate of drug-likeness (QED) is 0.717. The highest BCUT2D eigenvalue weighted by Gasteiger charge is 2.29. The zero-order chi connectivity index (χ0) is 13.7. The average Bonchev–Trinajstić information content (AvgIpc) is 2.66. The van der Waals surface area contributed by atoms with Crippen molar-refractivity contribution in [3.8, 4) is 0 Å². The van der Waals surface area contributed by atoms with Crippen LogP contribution in [-0.4, -0.2) is 35.4 Å². The average molecular weight is 268 g/mol.